The number of para-hydroxylation sites is 1. The lowest BCUT2D eigenvalue weighted by Gasteiger charge is -2.06. The van der Waals surface area contributed by atoms with Gasteiger partial charge >= 0.3 is 0 Å². The van der Waals surface area contributed by atoms with Crippen molar-refractivity contribution in [2.45, 2.75) is 20.4 Å². The Bertz CT molecular complexity index is 684. The molecule has 0 aliphatic carbocycles. The van der Waals surface area contributed by atoms with Crippen LogP contribution in [0.4, 0.5) is 5.69 Å². The number of rotatable bonds is 4. The van der Waals surface area contributed by atoms with Gasteiger partial charge in [-0.15, -0.1) is 0 Å². The van der Waals surface area contributed by atoms with E-state index in [1.165, 1.54) is 16.9 Å². The van der Waals surface area contributed by atoms with Gasteiger partial charge in [-0.25, -0.2) is 4.68 Å². The van der Waals surface area contributed by atoms with Gasteiger partial charge in [0.1, 0.15) is 0 Å². The highest BCUT2D eigenvalue weighted by Crippen LogP contribution is 2.20. The maximum Gasteiger partial charge on any atom is 0.0650 e. The van der Waals surface area contributed by atoms with Crippen LogP contribution in [0.1, 0.15) is 17.0 Å². The molecule has 0 fully saturated rings. The maximum atomic E-state index is 4.66. The van der Waals surface area contributed by atoms with Crippen LogP contribution in [-0.4, -0.2) is 9.78 Å². The third kappa shape index (κ3) is 2.47. The lowest BCUT2D eigenvalue weighted by molar-refractivity contribution is 0.833. The number of thiophene rings is 1. The van der Waals surface area contributed by atoms with Gasteiger partial charge in [0.25, 0.3) is 0 Å². The van der Waals surface area contributed by atoms with E-state index in [0.29, 0.717) is 0 Å². The molecule has 0 atom stereocenters. The van der Waals surface area contributed by atoms with Crippen LogP contribution in [0.5, 0.6) is 0 Å². The van der Waals surface area contributed by atoms with Crippen LogP contribution in [0.3, 0.4) is 0 Å². The average Bonchev–Trinajstić information content (AvgIpc) is 3.07. The van der Waals surface area contributed by atoms with Crippen molar-refractivity contribution in [2.75, 3.05) is 5.32 Å². The molecule has 0 saturated carbocycles. The quantitative estimate of drug-likeness (QED) is 0.779. The fourth-order valence-electron chi connectivity index (χ4n) is 2.31. The number of aromatic nitrogens is 2. The zero-order chi connectivity index (χ0) is 13.9. The molecule has 0 radical (unpaired) electrons. The van der Waals surface area contributed by atoms with Crippen LogP contribution < -0.4 is 5.32 Å². The van der Waals surface area contributed by atoms with E-state index in [-0.39, 0.29) is 0 Å². The summed E-state index contributed by atoms with van der Waals surface area (Å²) in [5, 5.41) is 12.3. The van der Waals surface area contributed by atoms with Gasteiger partial charge in [0, 0.05) is 28.9 Å². The molecule has 1 aromatic carbocycles. The van der Waals surface area contributed by atoms with Crippen molar-refractivity contribution in [3.8, 4) is 5.69 Å². The molecule has 0 aliphatic rings. The van der Waals surface area contributed by atoms with Gasteiger partial charge in [-0.05, 0) is 37.4 Å². The lowest BCUT2D eigenvalue weighted by atomic mass is 10.2. The van der Waals surface area contributed by atoms with E-state index < -0.39 is 0 Å². The van der Waals surface area contributed by atoms with Crippen molar-refractivity contribution >= 4 is 17.0 Å². The van der Waals surface area contributed by atoms with Crippen molar-refractivity contribution in [3.05, 3.63) is 64.1 Å². The van der Waals surface area contributed by atoms with Crippen LogP contribution in [0.2, 0.25) is 0 Å². The van der Waals surface area contributed by atoms with Crippen LogP contribution in [0.25, 0.3) is 5.69 Å². The third-order valence-corrected chi connectivity index (χ3v) is 4.12. The monoisotopic (exact) mass is 283 g/mol. The molecule has 1 N–H and O–H groups in total. The molecule has 3 rings (SSSR count). The Hall–Kier alpha value is -2.07. The Morgan fingerprint density at radius 3 is 2.65 bits per heavy atom. The first-order valence-electron chi connectivity index (χ1n) is 6.62. The van der Waals surface area contributed by atoms with Crippen molar-refractivity contribution < 1.29 is 0 Å². The van der Waals surface area contributed by atoms with Gasteiger partial charge in [-0.2, -0.15) is 16.4 Å². The van der Waals surface area contributed by atoms with Gasteiger partial charge in [0.15, 0.2) is 0 Å². The molecular weight excluding hydrogens is 266 g/mol. The first-order chi connectivity index (χ1) is 9.75. The summed E-state index contributed by atoms with van der Waals surface area (Å²) >= 11 is 1.70. The number of nitrogens with zero attached hydrogens (tertiary/aromatic N) is 2. The molecule has 0 unspecified atom stereocenters. The highest BCUT2D eigenvalue weighted by Gasteiger charge is 2.12. The first kappa shape index (κ1) is 12.9. The highest BCUT2D eigenvalue weighted by atomic mass is 32.1. The predicted molar refractivity (Wildman–Crippen MR) is 84.7 cm³/mol. The van der Waals surface area contributed by atoms with E-state index in [1.807, 2.05) is 22.9 Å². The number of anilines is 1. The summed E-state index contributed by atoms with van der Waals surface area (Å²) in [6.07, 6.45) is 0. The molecule has 4 heteroatoms. The molecule has 0 aliphatic heterocycles. The number of hydrogen-bond donors (Lipinski definition) is 1. The molecule has 3 aromatic rings. The summed E-state index contributed by atoms with van der Waals surface area (Å²) in [7, 11) is 0. The van der Waals surface area contributed by atoms with E-state index in [9.17, 15) is 0 Å². The van der Waals surface area contributed by atoms with Gasteiger partial charge in [-0.3, -0.25) is 0 Å². The normalized spacial score (nSPS) is 10.7. The Balaban J connectivity index is 1.87. The minimum atomic E-state index is 0.807. The number of aryl methyl sites for hydroxylation is 1. The van der Waals surface area contributed by atoms with E-state index in [2.05, 4.69) is 53.2 Å². The molecule has 3 nitrogen and oxygen atoms in total. The number of hydrogen-bond acceptors (Lipinski definition) is 3. The first-order valence-corrected chi connectivity index (χ1v) is 7.56. The second-order valence-electron chi connectivity index (χ2n) is 4.76. The molecule has 20 heavy (non-hydrogen) atoms. The minimum Gasteiger partial charge on any atom is -0.380 e. The summed E-state index contributed by atoms with van der Waals surface area (Å²) in [4.78, 5) is 0. The Kier molecular flexibility index (Phi) is 3.56. The average molecular weight is 283 g/mol. The molecule has 2 aromatic heterocycles. The maximum absolute atomic E-state index is 4.66. The summed E-state index contributed by atoms with van der Waals surface area (Å²) in [6, 6.07) is 12.3. The molecule has 0 amide bonds. The predicted octanol–water partition coefficient (Wildman–Crippen LogP) is 4.16. The SMILES string of the molecule is Cc1nn(-c2ccccc2)c(C)c1CNc1ccsc1. The second kappa shape index (κ2) is 5.51. The smallest absolute Gasteiger partial charge is 0.0650 e. The van der Waals surface area contributed by atoms with Gasteiger partial charge in [0.05, 0.1) is 11.4 Å². The molecule has 2 heterocycles. The number of nitrogens with one attached hydrogen (secondary N) is 1. The topological polar surface area (TPSA) is 29.9 Å². The van der Waals surface area contributed by atoms with Gasteiger partial charge in [-0.1, -0.05) is 18.2 Å². The van der Waals surface area contributed by atoms with Crippen molar-refractivity contribution in [2.24, 2.45) is 0 Å². The Morgan fingerprint density at radius 2 is 1.95 bits per heavy atom. The molecule has 102 valence electrons. The highest BCUT2D eigenvalue weighted by molar-refractivity contribution is 7.08. The number of benzene rings is 1. The largest absolute Gasteiger partial charge is 0.380 e. The fraction of sp³-hybridized carbons (Fsp3) is 0.188. The van der Waals surface area contributed by atoms with Crippen molar-refractivity contribution in [1.29, 1.82) is 0 Å². The summed E-state index contributed by atoms with van der Waals surface area (Å²) in [6.45, 7) is 5.00. The minimum absolute atomic E-state index is 0.807. The standard InChI is InChI=1S/C16H17N3S/c1-12-16(10-17-14-8-9-20-11-14)13(2)19(18-12)15-6-4-3-5-7-15/h3-9,11,17H,10H2,1-2H3. The lowest BCUT2D eigenvalue weighted by Crippen LogP contribution is -2.02. The van der Waals surface area contributed by atoms with Crippen LogP contribution in [0, 0.1) is 13.8 Å². The van der Waals surface area contributed by atoms with E-state index in [4.69, 9.17) is 0 Å². The van der Waals surface area contributed by atoms with Crippen LogP contribution in [0.15, 0.2) is 47.2 Å². The third-order valence-electron chi connectivity index (χ3n) is 3.43. The Labute approximate surface area is 122 Å². The summed E-state index contributed by atoms with van der Waals surface area (Å²) in [5.41, 5.74) is 5.81. The van der Waals surface area contributed by atoms with E-state index in [0.717, 1.165) is 17.9 Å². The van der Waals surface area contributed by atoms with E-state index >= 15 is 0 Å². The van der Waals surface area contributed by atoms with Gasteiger partial charge < -0.3 is 5.32 Å². The Morgan fingerprint density at radius 1 is 1.15 bits per heavy atom. The fourth-order valence-corrected chi connectivity index (χ4v) is 2.92. The van der Waals surface area contributed by atoms with Crippen LogP contribution in [-0.2, 0) is 6.54 Å². The van der Waals surface area contributed by atoms with Gasteiger partial charge in [0.2, 0.25) is 0 Å². The van der Waals surface area contributed by atoms with E-state index in [1.54, 1.807) is 11.3 Å². The molecular formula is C16H17N3S. The summed E-state index contributed by atoms with van der Waals surface area (Å²) < 4.78 is 2.01. The van der Waals surface area contributed by atoms with Crippen molar-refractivity contribution in [1.82, 2.24) is 9.78 Å². The molecule has 0 spiro atoms. The molecule has 0 saturated heterocycles. The van der Waals surface area contributed by atoms with Crippen LogP contribution >= 0.6 is 11.3 Å². The zero-order valence-electron chi connectivity index (χ0n) is 11.6. The summed E-state index contributed by atoms with van der Waals surface area (Å²) in [5.74, 6) is 0. The zero-order valence-corrected chi connectivity index (χ0v) is 12.4. The second-order valence-corrected chi connectivity index (χ2v) is 5.54. The van der Waals surface area contributed by atoms with Crippen molar-refractivity contribution in [3.63, 3.8) is 0 Å². The molecule has 0 bridgehead atoms.